The minimum atomic E-state index is 0.148. The maximum Gasteiger partial charge on any atom is 0.244 e. The molecule has 31 heavy (non-hydrogen) atoms. The van der Waals surface area contributed by atoms with Crippen LogP contribution in [-0.4, -0.2) is 64.7 Å². The number of nitrogens with zero attached hydrogens (tertiary/aromatic N) is 6. The molecule has 0 N–H and O–H groups in total. The highest BCUT2D eigenvalue weighted by molar-refractivity contribution is 6.30. The molecule has 0 saturated carbocycles. The predicted molar refractivity (Wildman–Crippen MR) is 121 cm³/mol. The van der Waals surface area contributed by atoms with Crippen LogP contribution in [0.25, 0.3) is 11.4 Å². The fourth-order valence-corrected chi connectivity index (χ4v) is 4.47. The quantitative estimate of drug-likeness (QED) is 0.599. The van der Waals surface area contributed by atoms with E-state index in [9.17, 15) is 0 Å². The Morgan fingerprint density at radius 2 is 1.84 bits per heavy atom. The molecule has 2 aliphatic rings. The Morgan fingerprint density at radius 3 is 2.58 bits per heavy atom. The van der Waals surface area contributed by atoms with Gasteiger partial charge in [0.15, 0.2) is 0 Å². The lowest BCUT2D eigenvalue weighted by molar-refractivity contribution is 0.201. The zero-order valence-corrected chi connectivity index (χ0v) is 18.5. The van der Waals surface area contributed by atoms with Crippen LogP contribution in [0.1, 0.15) is 30.3 Å². The van der Waals surface area contributed by atoms with Crippen LogP contribution in [0.2, 0.25) is 5.02 Å². The number of anilines is 1. The van der Waals surface area contributed by atoms with E-state index in [0.717, 1.165) is 68.5 Å². The summed E-state index contributed by atoms with van der Waals surface area (Å²) >= 11 is 6.02. The highest BCUT2D eigenvalue weighted by Gasteiger charge is 2.31. The Balaban J connectivity index is 1.27. The van der Waals surface area contributed by atoms with Gasteiger partial charge in [0, 0.05) is 49.5 Å². The van der Waals surface area contributed by atoms with Crippen molar-refractivity contribution >= 4 is 17.4 Å². The number of aromatic nitrogens is 3. The minimum absolute atomic E-state index is 0.148. The first kappa shape index (κ1) is 20.4. The second-order valence-corrected chi connectivity index (χ2v) is 8.84. The number of likely N-dealkylation sites (tertiary alicyclic amines) is 1. The first-order valence-corrected chi connectivity index (χ1v) is 11.3. The molecule has 1 atom stereocenters. The number of halogens is 1. The van der Waals surface area contributed by atoms with E-state index in [1.807, 2.05) is 24.4 Å². The van der Waals surface area contributed by atoms with E-state index in [4.69, 9.17) is 21.1 Å². The third kappa shape index (κ3) is 4.59. The lowest BCUT2D eigenvalue weighted by Crippen LogP contribution is -2.44. The number of benzene rings is 1. The molecular weight excluding hydrogens is 412 g/mol. The molecule has 2 saturated heterocycles. The van der Waals surface area contributed by atoms with E-state index < -0.39 is 0 Å². The monoisotopic (exact) mass is 438 g/mol. The molecular formula is C23H27ClN6O. The molecule has 5 rings (SSSR count). The van der Waals surface area contributed by atoms with Crippen LogP contribution in [0.5, 0.6) is 0 Å². The summed E-state index contributed by atoms with van der Waals surface area (Å²) in [6, 6.07) is 12.3. The molecule has 0 bridgehead atoms. The first-order chi connectivity index (χ1) is 15.2. The topological polar surface area (TPSA) is 61.5 Å². The molecule has 0 unspecified atom stereocenters. The van der Waals surface area contributed by atoms with Gasteiger partial charge in [0.25, 0.3) is 0 Å². The highest BCUT2D eigenvalue weighted by atomic mass is 35.5. The van der Waals surface area contributed by atoms with Gasteiger partial charge in [-0.2, -0.15) is 4.98 Å². The van der Waals surface area contributed by atoms with E-state index in [1.165, 1.54) is 5.56 Å². The van der Waals surface area contributed by atoms with E-state index in [-0.39, 0.29) is 6.04 Å². The summed E-state index contributed by atoms with van der Waals surface area (Å²) in [4.78, 5) is 16.4. The third-order valence-electron chi connectivity index (χ3n) is 6.22. The van der Waals surface area contributed by atoms with E-state index in [0.29, 0.717) is 11.7 Å². The molecule has 0 radical (unpaired) electrons. The Labute approximate surface area is 187 Å². The van der Waals surface area contributed by atoms with Gasteiger partial charge in [-0.05, 0) is 56.3 Å². The minimum Gasteiger partial charge on any atom is -0.354 e. The van der Waals surface area contributed by atoms with Crippen LogP contribution in [-0.2, 0) is 6.54 Å². The van der Waals surface area contributed by atoms with Crippen LogP contribution in [0, 0.1) is 0 Å². The number of piperazine rings is 1. The summed E-state index contributed by atoms with van der Waals surface area (Å²) in [6.45, 7) is 5.99. The van der Waals surface area contributed by atoms with Gasteiger partial charge in [-0.1, -0.05) is 28.9 Å². The van der Waals surface area contributed by atoms with Crippen molar-refractivity contribution in [2.24, 2.45) is 0 Å². The molecule has 0 aliphatic carbocycles. The van der Waals surface area contributed by atoms with Crippen molar-refractivity contribution in [3.05, 3.63) is 59.1 Å². The van der Waals surface area contributed by atoms with Crippen LogP contribution in [0.4, 0.5) is 5.82 Å². The van der Waals surface area contributed by atoms with Gasteiger partial charge < -0.3 is 14.3 Å². The highest BCUT2D eigenvalue weighted by Crippen LogP contribution is 2.33. The molecule has 2 aromatic heterocycles. The van der Waals surface area contributed by atoms with Gasteiger partial charge in [0.05, 0.1) is 6.04 Å². The van der Waals surface area contributed by atoms with Crippen molar-refractivity contribution in [2.75, 3.05) is 44.7 Å². The Kier molecular flexibility index (Phi) is 5.89. The fraction of sp³-hybridized carbons (Fsp3) is 0.435. The summed E-state index contributed by atoms with van der Waals surface area (Å²) in [7, 11) is 2.16. The SMILES string of the molecule is CN1CCN(c2ccc(-c3noc([C@@H]4CCCN4Cc4ccc(Cl)cc4)n3)cn2)CC1. The summed E-state index contributed by atoms with van der Waals surface area (Å²) in [5, 5.41) is 5.01. The number of hydrogen-bond acceptors (Lipinski definition) is 7. The largest absolute Gasteiger partial charge is 0.354 e. The van der Waals surface area contributed by atoms with Gasteiger partial charge >= 0.3 is 0 Å². The Hall–Kier alpha value is -2.48. The van der Waals surface area contributed by atoms with Crippen molar-refractivity contribution in [2.45, 2.75) is 25.4 Å². The lowest BCUT2D eigenvalue weighted by Gasteiger charge is -2.33. The van der Waals surface area contributed by atoms with Crippen LogP contribution >= 0.6 is 11.6 Å². The van der Waals surface area contributed by atoms with Crippen molar-refractivity contribution in [3.63, 3.8) is 0 Å². The predicted octanol–water partition coefficient (Wildman–Crippen LogP) is 3.87. The average Bonchev–Trinajstić information content (AvgIpc) is 3.46. The first-order valence-electron chi connectivity index (χ1n) is 10.9. The van der Waals surface area contributed by atoms with E-state index in [1.54, 1.807) is 0 Å². The maximum atomic E-state index is 6.02. The van der Waals surface area contributed by atoms with Gasteiger partial charge in [0.2, 0.25) is 11.7 Å². The summed E-state index contributed by atoms with van der Waals surface area (Å²) in [5.41, 5.74) is 2.12. The van der Waals surface area contributed by atoms with Gasteiger partial charge in [0.1, 0.15) is 5.82 Å². The molecule has 1 aromatic carbocycles. The van der Waals surface area contributed by atoms with E-state index in [2.05, 4.69) is 50.1 Å². The lowest BCUT2D eigenvalue weighted by atomic mass is 10.2. The number of likely N-dealkylation sites (N-methyl/N-ethyl adjacent to an activating group) is 1. The summed E-state index contributed by atoms with van der Waals surface area (Å²) in [5.74, 6) is 2.29. The maximum absolute atomic E-state index is 6.02. The molecule has 0 spiro atoms. The van der Waals surface area contributed by atoms with Crippen molar-refractivity contribution in [3.8, 4) is 11.4 Å². The van der Waals surface area contributed by atoms with Gasteiger partial charge in [-0.3, -0.25) is 4.90 Å². The summed E-state index contributed by atoms with van der Waals surface area (Å²) in [6.07, 6.45) is 4.00. The van der Waals surface area contributed by atoms with Crippen molar-refractivity contribution < 1.29 is 4.52 Å². The molecule has 3 aromatic rings. The average molecular weight is 439 g/mol. The Morgan fingerprint density at radius 1 is 1.03 bits per heavy atom. The zero-order valence-electron chi connectivity index (χ0n) is 17.7. The van der Waals surface area contributed by atoms with Crippen molar-refractivity contribution in [1.82, 2.24) is 24.9 Å². The standard InChI is InChI=1S/C23H27ClN6O/c1-28-11-13-29(14-12-28)21-9-6-18(15-25-21)22-26-23(31-27-22)20-3-2-10-30(20)16-17-4-7-19(24)8-5-17/h4-9,15,20H,2-3,10-14,16H2,1H3/t20-/m0/s1. The second kappa shape index (κ2) is 8.94. The number of hydrogen-bond donors (Lipinski definition) is 0. The molecule has 4 heterocycles. The van der Waals surface area contributed by atoms with Crippen LogP contribution < -0.4 is 4.90 Å². The molecule has 8 heteroatoms. The molecule has 2 aliphatic heterocycles. The molecule has 7 nitrogen and oxygen atoms in total. The molecule has 2 fully saturated rings. The fourth-order valence-electron chi connectivity index (χ4n) is 4.35. The zero-order chi connectivity index (χ0) is 21.2. The molecule has 0 amide bonds. The number of pyridine rings is 1. The van der Waals surface area contributed by atoms with Gasteiger partial charge in [-0.15, -0.1) is 0 Å². The Bertz CT molecular complexity index is 998. The molecule has 162 valence electrons. The third-order valence-corrected chi connectivity index (χ3v) is 6.47. The smallest absolute Gasteiger partial charge is 0.244 e. The normalized spacial score (nSPS) is 20.5. The second-order valence-electron chi connectivity index (χ2n) is 8.41. The van der Waals surface area contributed by atoms with Crippen LogP contribution in [0.15, 0.2) is 47.1 Å². The van der Waals surface area contributed by atoms with Crippen LogP contribution in [0.3, 0.4) is 0 Å². The van der Waals surface area contributed by atoms with Crippen molar-refractivity contribution in [1.29, 1.82) is 0 Å². The van der Waals surface area contributed by atoms with Gasteiger partial charge in [-0.25, -0.2) is 4.98 Å². The van der Waals surface area contributed by atoms with E-state index >= 15 is 0 Å². The summed E-state index contributed by atoms with van der Waals surface area (Å²) < 4.78 is 5.68. The number of rotatable bonds is 5.